The molecule has 1 N–H and O–H groups in total. The molecule has 1 heterocycles. The van der Waals surface area contributed by atoms with Gasteiger partial charge < -0.3 is 5.32 Å². The molecular formula is C15H20N2O2S. The Morgan fingerprint density at radius 1 is 1.40 bits per heavy atom. The Hall–Kier alpha value is -1.33. The maximum atomic E-state index is 12.1. The number of para-hydroxylation sites is 1. The Morgan fingerprint density at radius 3 is 2.85 bits per heavy atom. The number of thioether (sulfide) groups is 1. The van der Waals surface area contributed by atoms with Crippen LogP contribution in [0.3, 0.4) is 0 Å². The fraction of sp³-hybridized carbons (Fsp3) is 0.467. The van der Waals surface area contributed by atoms with Gasteiger partial charge in [0.1, 0.15) is 0 Å². The van der Waals surface area contributed by atoms with Crippen molar-refractivity contribution >= 4 is 29.1 Å². The topological polar surface area (TPSA) is 49.4 Å². The average Bonchev–Trinajstić information content (AvgIpc) is 2.41. The van der Waals surface area contributed by atoms with Crippen LogP contribution in [0.25, 0.3) is 0 Å². The van der Waals surface area contributed by atoms with Crippen LogP contribution >= 0.6 is 11.8 Å². The summed E-state index contributed by atoms with van der Waals surface area (Å²) in [6.07, 6.45) is 0. The molecule has 0 aliphatic carbocycles. The van der Waals surface area contributed by atoms with Gasteiger partial charge in [-0.25, -0.2) is 0 Å². The number of hydrogen-bond donors (Lipinski definition) is 1. The maximum absolute atomic E-state index is 12.1. The maximum Gasteiger partial charge on any atom is 0.238 e. The molecule has 0 spiro atoms. The zero-order valence-electron chi connectivity index (χ0n) is 11.9. The van der Waals surface area contributed by atoms with Crippen LogP contribution in [0.1, 0.15) is 24.2 Å². The summed E-state index contributed by atoms with van der Waals surface area (Å²) in [6, 6.07) is 7.54. The van der Waals surface area contributed by atoms with E-state index in [9.17, 15) is 9.59 Å². The number of carbonyl (C=O) groups is 2. The van der Waals surface area contributed by atoms with E-state index in [0.29, 0.717) is 23.8 Å². The van der Waals surface area contributed by atoms with Crippen LogP contribution < -0.4 is 5.32 Å². The molecule has 2 rings (SSSR count). The first kappa shape index (κ1) is 15.1. The Kier molecular flexibility index (Phi) is 5.20. The van der Waals surface area contributed by atoms with Gasteiger partial charge in [0.05, 0.1) is 12.2 Å². The third kappa shape index (κ3) is 3.84. The Bertz CT molecular complexity index is 504. The highest BCUT2D eigenvalue weighted by atomic mass is 32.2. The highest BCUT2D eigenvalue weighted by Crippen LogP contribution is 2.17. The molecule has 5 heteroatoms. The largest absolute Gasteiger partial charge is 0.324 e. The smallest absolute Gasteiger partial charge is 0.238 e. The van der Waals surface area contributed by atoms with Crippen LogP contribution in [0.5, 0.6) is 0 Å². The van der Waals surface area contributed by atoms with E-state index >= 15 is 0 Å². The van der Waals surface area contributed by atoms with Crippen molar-refractivity contribution in [3.8, 4) is 0 Å². The van der Waals surface area contributed by atoms with Crippen LogP contribution in [0.4, 0.5) is 5.69 Å². The van der Waals surface area contributed by atoms with Crippen molar-refractivity contribution in [2.24, 2.45) is 0 Å². The second-order valence-corrected chi connectivity index (χ2v) is 6.19. The third-order valence-electron chi connectivity index (χ3n) is 3.43. The number of amides is 1. The zero-order valence-corrected chi connectivity index (χ0v) is 12.7. The second kappa shape index (κ2) is 6.90. The Morgan fingerprint density at radius 2 is 2.15 bits per heavy atom. The van der Waals surface area contributed by atoms with Crippen molar-refractivity contribution in [3.63, 3.8) is 0 Å². The minimum Gasteiger partial charge on any atom is -0.324 e. The molecule has 0 radical (unpaired) electrons. The average molecular weight is 292 g/mol. The van der Waals surface area contributed by atoms with Crippen LogP contribution in [0.2, 0.25) is 0 Å². The third-order valence-corrected chi connectivity index (χ3v) is 4.62. The highest BCUT2D eigenvalue weighted by Gasteiger charge is 2.21. The summed E-state index contributed by atoms with van der Waals surface area (Å²) in [7, 11) is 0. The van der Waals surface area contributed by atoms with Gasteiger partial charge >= 0.3 is 0 Å². The Balaban J connectivity index is 1.99. The molecule has 1 aliphatic rings. The number of ketones is 1. The lowest BCUT2D eigenvalue weighted by molar-refractivity contribution is -0.117. The van der Waals surface area contributed by atoms with E-state index in [0.717, 1.165) is 18.1 Å². The van der Waals surface area contributed by atoms with E-state index in [1.807, 2.05) is 17.8 Å². The number of hydrogen-bond acceptors (Lipinski definition) is 4. The molecule has 1 fully saturated rings. The quantitative estimate of drug-likeness (QED) is 0.865. The summed E-state index contributed by atoms with van der Waals surface area (Å²) in [5, 5.41) is 2.85. The standard InChI is InChI=1S/C15H20N2O2S/c1-11-10-20-8-7-17(11)9-15(19)16-14-6-4-3-5-13(14)12(2)18/h3-6,11H,7-10H2,1-2H3,(H,16,19). The molecule has 4 nitrogen and oxygen atoms in total. The molecule has 1 saturated heterocycles. The minimum absolute atomic E-state index is 0.0383. The minimum atomic E-state index is -0.0579. The predicted octanol–water partition coefficient (Wildman–Crippen LogP) is 2.27. The fourth-order valence-corrected chi connectivity index (χ4v) is 3.35. The van der Waals surface area contributed by atoms with E-state index in [2.05, 4.69) is 17.1 Å². The van der Waals surface area contributed by atoms with Crippen molar-refractivity contribution in [2.45, 2.75) is 19.9 Å². The number of anilines is 1. The molecule has 0 aromatic heterocycles. The van der Waals surface area contributed by atoms with Gasteiger partial charge in [-0.05, 0) is 26.0 Å². The van der Waals surface area contributed by atoms with E-state index in [-0.39, 0.29) is 11.7 Å². The summed E-state index contributed by atoms with van der Waals surface area (Å²) in [6.45, 7) is 4.97. The normalized spacial score (nSPS) is 19.6. The lowest BCUT2D eigenvalue weighted by Gasteiger charge is -2.32. The molecule has 1 amide bonds. The first-order valence-electron chi connectivity index (χ1n) is 6.79. The summed E-state index contributed by atoms with van der Waals surface area (Å²) >= 11 is 1.93. The molecule has 0 bridgehead atoms. The van der Waals surface area contributed by atoms with Crippen LogP contribution in [-0.2, 0) is 4.79 Å². The van der Waals surface area contributed by atoms with Gasteiger partial charge in [0, 0.05) is 29.7 Å². The molecule has 20 heavy (non-hydrogen) atoms. The van der Waals surface area contributed by atoms with Crippen LogP contribution in [0, 0.1) is 0 Å². The second-order valence-electron chi connectivity index (χ2n) is 5.04. The number of rotatable bonds is 4. The SMILES string of the molecule is CC(=O)c1ccccc1NC(=O)CN1CCSCC1C. The van der Waals surface area contributed by atoms with E-state index in [1.165, 1.54) is 6.92 Å². The van der Waals surface area contributed by atoms with Crippen LogP contribution in [0.15, 0.2) is 24.3 Å². The van der Waals surface area contributed by atoms with Gasteiger partial charge in [-0.15, -0.1) is 0 Å². The molecule has 1 aromatic carbocycles. The summed E-state index contributed by atoms with van der Waals surface area (Å²) in [5.74, 6) is 2.04. The predicted molar refractivity (Wildman–Crippen MR) is 83.4 cm³/mol. The molecule has 0 saturated carbocycles. The lowest BCUT2D eigenvalue weighted by Crippen LogP contribution is -2.44. The van der Waals surface area contributed by atoms with E-state index in [4.69, 9.17) is 0 Å². The van der Waals surface area contributed by atoms with E-state index in [1.54, 1.807) is 18.2 Å². The number of benzene rings is 1. The van der Waals surface area contributed by atoms with Crippen molar-refractivity contribution < 1.29 is 9.59 Å². The first-order chi connectivity index (χ1) is 9.58. The molecular weight excluding hydrogens is 272 g/mol. The molecule has 108 valence electrons. The number of carbonyl (C=O) groups excluding carboxylic acids is 2. The van der Waals surface area contributed by atoms with Gasteiger partial charge in [-0.1, -0.05) is 12.1 Å². The van der Waals surface area contributed by atoms with Gasteiger partial charge in [-0.3, -0.25) is 14.5 Å². The van der Waals surface area contributed by atoms with Gasteiger partial charge in [0.15, 0.2) is 5.78 Å². The van der Waals surface area contributed by atoms with Crippen molar-refractivity contribution in [2.75, 3.05) is 29.9 Å². The monoisotopic (exact) mass is 292 g/mol. The first-order valence-corrected chi connectivity index (χ1v) is 7.95. The van der Waals surface area contributed by atoms with Crippen LogP contribution in [-0.4, -0.2) is 47.2 Å². The highest BCUT2D eigenvalue weighted by molar-refractivity contribution is 7.99. The molecule has 1 atom stereocenters. The summed E-state index contributed by atoms with van der Waals surface area (Å²) in [5.41, 5.74) is 1.16. The van der Waals surface area contributed by atoms with Crippen molar-refractivity contribution in [3.05, 3.63) is 29.8 Å². The van der Waals surface area contributed by atoms with Gasteiger partial charge in [0.2, 0.25) is 5.91 Å². The van der Waals surface area contributed by atoms with Gasteiger partial charge in [0.25, 0.3) is 0 Å². The lowest BCUT2D eigenvalue weighted by atomic mass is 10.1. The van der Waals surface area contributed by atoms with Crippen molar-refractivity contribution in [1.82, 2.24) is 4.90 Å². The molecule has 1 aliphatic heterocycles. The number of nitrogens with one attached hydrogen (secondary N) is 1. The Labute approximate surface area is 123 Å². The molecule has 1 unspecified atom stereocenters. The number of Topliss-reactive ketones (excluding diaryl/α,β-unsaturated/α-hetero) is 1. The fourth-order valence-electron chi connectivity index (χ4n) is 2.27. The number of nitrogens with zero attached hydrogens (tertiary/aromatic N) is 1. The molecule has 1 aromatic rings. The summed E-state index contributed by atoms with van der Waals surface area (Å²) < 4.78 is 0. The van der Waals surface area contributed by atoms with Crippen molar-refractivity contribution in [1.29, 1.82) is 0 Å². The van der Waals surface area contributed by atoms with Gasteiger partial charge in [-0.2, -0.15) is 11.8 Å². The zero-order chi connectivity index (χ0) is 14.5. The summed E-state index contributed by atoms with van der Waals surface area (Å²) in [4.78, 5) is 25.8. The van der Waals surface area contributed by atoms with E-state index < -0.39 is 0 Å².